The number of carbonyl (C=O) groups is 1. The van der Waals surface area contributed by atoms with Gasteiger partial charge >= 0.3 is 6.18 Å². The van der Waals surface area contributed by atoms with Gasteiger partial charge in [-0.3, -0.25) is 4.79 Å². The summed E-state index contributed by atoms with van der Waals surface area (Å²) in [6.45, 7) is 1.82. The lowest BCUT2D eigenvalue weighted by molar-refractivity contribution is -0.140. The van der Waals surface area contributed by atoms with Gasteiger partial charge < -0.3 is 15.3 Å². The molecule has 1 aliphatic heterocycles. The van der Waals surface area contributed by atoms with E-state index < -0.39 is 24.4 Å². The lowest BCUT2D eigenvalue weighted by atomic mass is 9.90. The van der Waals surface area contributed by atoms with Gasteiger partial charge in [0.15, 0.2) is 0 Å². The number of benzene rings is 1. The summed E-state index contributed by atoms with van der Waals surface area (Å²) < 4.78 is 50.8. The smallest absolute Gasteiger partial charge is 0.405 e. The van der Waals surface area contributed by atoms with Crippen LogP contribution in [-0.2, 0) is 4.79 Å². The molecule has 1 atom stereocenters. The zero-order chi connectivity index (χ0) is 20.5. The Morgan fingerprint density at radius 1 is 1.29 bits per heavy atom. The Kier molecular flexibility index (Phi) is 5.49. The second-order valence-corrected chi connectivity index (χ2v) is 6.93. The summed E-state index contributed by atoms with van der Waals surface area (Å²) in [6.07, 6.45) is -0.649. The Bertz CT molecular complexity index is 841. The van der Waals surface area contributed by atoms with Gasteiger partial charge in [0.25, 0.3) is 5.91 Å². The summed E-state index contributed by atoms with van der Waals surface area (Å²) in [7, 11) is 0. The Hall–Kier alpha value is -2.77. The molecule has 0 radical (unpaired) electrons. The van der Waals surface area contributed by atoms with Gasteiger partial charge in [-0.1, -0.05) is 24.8 Å². The van der Waals surface area contributed by atoms with E-state index in [9.17, 15) is 27.5 Å². The minimum atomic E-state index is -4.46. The van der Waals surface area contributed by atoms with Gasteiger partial charge in [-0.15, -0.1) is 0 Å². The Morgan fingerprint density at radius 2 is 1.96 bits per heavy atom. The van der Waals surface area contributed by atoms with Crippen LogP contribution in [-0.4, -0.2) is 41.2 Å². The summed E-state index contributed by atoms with van der Waals surface area (Å²) in [5.74, 6) is -1.40. The molecule has 1 aromatic rings. The fourth-order valence-electron chi connectivity index (χ4n) is 3.40. The molecule has 1 aliphatic carbocycles. The number of hydrogen-bond acceptors (Lipinski definition) is 3. The number of halogens is 4. The van der Waals surface area contributed by atoms with E-state index in [1.807, 2.05) is 6.08 Å². The average molecular weight is 396 g/mol. The van der Waals surface area contributed by atoms with Crippen molar-refractivity contribution >= 4 is 11.5 Å². The molecule has 0 saturated carbocycles. The number of aliphatic hydroxyl groups excluding tert-OH is 1. The molecule has 2 N–H and O–H groups in total. The molecule has 0 spiro atoms. The Balaban J connectivity index is 1.60. The Labute approximate surface area is 159 Å². The van der Waals surface area contributed by atoms with Gasteiger partial charge in [-0.05, 0) is 42.5 Å². The third kappa shape index (κ3) is 4.55. The van der Waals surface area contributed by atoms with Crippen LogP contribution in [0, 0.1) is 5.82 Å². The van der Waals surface area contributed by atoms with Crippen molar-refractivity contribution in [3.8, 4) is 0 Å². The van der Waals surface area contributed by atoms with Crippen molar-refractivity contribution in [1.29, 1.82) is 0 Å². The maximum absolute atomic E-state index is 13.0. The highest BCUT2D eigenvalue weighted by Crippen LogP contribution is 2.30. The second kappa shape index (κ2) is 7.69. The normalized spacial score (nSPS) is 20.4. The zero-order valence-corrected chi connectivity index (χ0v) is 15.0. The summed E-state index contributed by atoms with van der Waals surface area (Å²) in [5.41, 5.74) is 1.66. The molecule has 1 aromatic carbocycles. The molecule has 0 bridgehead atoms. The second-order valence-electron chi connectivity index (χ2n) is 6.93. The molecule has 3 rings (SSSR count). The first-order valence-corrected chi connectivity index (χ1v) is 8.83. The summed E-state index contributed by atoms with van der Waals surface area (Å²) in [5, 5.41) is 12.8. The van der Waals surface area contributed by atoms with Crippen LogP contribution in [0.3, 0.4) is 0 Å². The number of amides is 1. The highest BCUT2D eigenvalue weighted by molar-refractivity contribution is 5.96. The monoisotopic (exact) mass is 396 g/mol. The van der Waals surface area contributed by atoms with Crippen LogP contribution < -0.4 is 5.32 Å². The van der Waals surface area contributed by atoms with E-state index in [1.54, 1.807) is 12.1 Å². The van der Waals surface area contributed by atoms with Crippen LogP contribution in [0.25, 0.3) is 5.57 Å². The van der Waals surface area contributed by atoms with Crippen LogP contribution >= 0.6 is 0 Å². The predicted octanol–water partition coefficient (Wildman–Crippen LogP) is 4.08. The van der Waals surface area contributed by atoms with Crippen LogP contribution in [0.15, 0.2) is 53.9 Å². The predicted molar refractivity (Wildman–Crippen MR) is 96.6 cm³/mol. The van der Waals surface area contributed by atoms with Crippen molar-refractivity contribution < 1.29 is 27.5 Å². The molecule has 150 valence electrons. The number of rotatable bonds is 4. The third-order valence-electron chi connectivity index (χ3n) is 4.90. The number of carbonyl (C=O) groups excluding carboxylic acids is 1. The lowest BCUT2D eigenvalue weighted by Gasteiger charge is -2.24. The van der Waals surface area contributed by atoms with Crippen molar-refractivity contribution in [2.24, 2.45) is 0 Å². The number of alkyl halides is 3. The van der Waals surface area contributed by atoms with Gasteiger partial charge in [0, 0.05) is 6.04 Å². The lowest BCUT2D eigenvalue weighted by Crippen LogP contribution is -2.38. The van der Waals surface area contributed by atoms with E-state index in [1.165, 1.54) is 12.1 Å². The van der Waals surface area contributed by atoms with Crippen LogP contribution in [0.4, 0.5) is 17.6 Å². The molecule has 1 heterocycles. The van der Waals surface area contributed by atoms with Crippen LogP contribution in [0.5, 0.6) is 0 Å². The van der Waals surface area contributed by atoms with Gasteiger partial charge in [-0.2, -0.15) is 13.2 Å². The van der Waals surface area contributed by atoms with E-state index in [-0.39, 0.29) is 29.7 Å². The molecule has 1 unspecified atom stereocenters. The van der Waals surface area contributed by atoms with E-state index >= 15 is 0 Å². The van der Waals surface area contributed by atoms with Crippen molar-refractivity contribution in [1.82, 2.24) is 10.2 Å². The fraction of sp³-hybridized carbons (Fsp3) is 0.350. The number of nitrogens with one attached hydrogen (secondary N) is 1. The van der Waals surface area contributed by atoms with Gasteiger partial charge in [-0.25, -0.2) is 4.39 Å². The average Bonchev–Trinajstić information content (AvgIpc) is 2.90. The highest BCUT2D eigenvalue weighted by atomic mass is 19.4. The van der Waals surface area contributed by atoms with Crippen LogP contribution in [0.1, 0.15) is 24.8 Å². The summed E-state index contributed by atoms with van der Waals surface area (Å²) >= 11 is 0. The maximum Gasteiger partial charge on any atom is 0.405 e. The first kappa shape index (κ1) is 20.0. The molecule has 0 saturated heterocycles. The molecule has 1 amide bonds. The zero-order valence-electron chi connectivity index (χ0n) is 15.0. The van der Waals surface area contributed by atoms with E-state index in [4.69, 9.17) is 0 Å². The molecular weight excluding hydrogens is 376 g/mol. The van der Waals surface area contributed by atoms with Crippen molar-refractivity contribution in [2.75, 3.05) is 13.1 Å². The molecular formula is C20H20F4N2O2. The minimum Gasteiger partial charge on any atom is -0.505 e. The molecule has 8 heteroatoms. The first-order chi connectivity index (χ1) is 13.1. The molecule has 4 nitrogen and oxygen atoms in total. The highest BCUT2D eigenvalue weighted by Gasteiger charge is 2.38. The number of nitrogens with zero attached hydrogens (tertiary/aromatic N) is 1. The first-order valence-electron chi connectivity index (χ1n) is 8.83. The van der Waals surface area contributed by atoms with E-state index in [2.05, 4.69) is 11.9 Å². The third-order valence-corrected chi connectivity index (χ3v) is 4.90. The van der Waals surface area contributed by atoms with Crippen molar-refractivity contribution in [3.63, 3.8) is 0 Å². The largest absolute Gasteiger partial charge is 0.505 e. The fourth-order valence-corrected chi connectivity index (χ4v) is 3.40. The van der Waals surface area contributed by atoms with Gasteiger partial charge in [0.1, 0.15) is 18.1 Å². The molecule has 0 fully saturated rings. The van der Waals surface area contributed by atoms with Crippen molar-refractivity contribution in [2.45, 2.75) is 31.5 Å². The van der Waals surface area contributed by atoms with Gasteiger partial charge in [0.05, 0.1) is 17.8 Å². The number of hydrogen-bond donors (Lipinski definition) is 2. The molecule has 28 heavy (non-hydrogen) atoms. The Morgan fingerprint density at radius 3 is 2.54 bits per heavy atom. The number of allylic oxidation sites excluding steroid dienone is 1. The van der Waals surface area contributed by atoms with Crippen molar-refractivity contribution in [3.05, 3.63) is 65.3 Å². The quantitative estimate of drug-likeness (QED) is 0.754. The van der Waals surface area contributed by atoms with E-state index in [0.717, 1.165) is 16.0 Å². The van der Waals surface area contributed by atoms with E-state index in [0.29, 0.717) is 19.3 Å². The summed E-state index contributed by atoms with van der Waals surface area (Å²) in [4.78, 5) is 13.3. The molecule has 2 aliphatic rings. The number of aliphatic hydroxyl groups is 1. The maximum atomic E-state index is 13.0. The van der Waals surface area contributed by atoms with Crippen LogP contribution in [0.2, 0.25) is 0 Å². The summed E-state index contributed by atoms with van der Waals surface area (Å²) in [6, 6.07) is 5.98. The topological polar surface area (TPSA) is 52.6 Å². The standard InChI is InChI=1S/C20H20F4N2O2/c1-12-18(27)17(10-26(12)11-20(22,23)24)19(28)25-16-8-4-14(5-9-16)13-2-6-15(21)7-3-13/h2-4,6-7,16,27H,1,5,8-11H2,(H,25,28). The SMILES string of the molecule is C=C1C(O)=C(C(=O)NC2CC=C(c3ccc(F)cc3)CC2)CN1CC(F)(F)F. The minimum absolute atomic E-state index is 0.109. The van der Waals surface area contributed by atoms with Gasteiger partial charge in [0.2, 0.25) is 0 Å². The molecule has 0 aromatic heterocycles.